The molecule has 3 nitrogen and oxygen atoms in total. The predicted octanol–water partition coefficient (Wildman–Crippen LogP) is 1.71. The maximum atomic E-state index is 8.51. The van der Waals surface area contributed by atoms with Gasteiger partial charge in [-0.2, -0.15) is 10.7 Å². The van der Waals surface area contributed by atoms with E-state index in [-0.39, 0.29) is 0 Å². The second-order valence-corrected chi connectivity index (χ2v) is 3.17. The molecule has 1 aliphatic rings. The van der Waals surface area contributed by atoms with E-state index in [4.69, 9.17) is 5.21 Å². The van der Waals surface area contributed by atoms with Crippen molar-refractivity contribution in [2.45, 2.75) is 19.3 Å². The molecule has 0 saturated carbocycles. The summed E-state index contributed by atoms with van der Waals surface area (Å²) in [4.78, 5) is 0. The van der Waals surface area contributed by atoms with Gasteiger partial charge in [-0.05, 0) is 24.8 Å². The molecule has 0 aliphatic heterocycles. The molecule has 13 heavy (non-hydrogen) atoms. The van der Waals surface area contributed by atoms with Crippen LogP contribution in [-0.2, 0) is 6.42 Å². The van der Waals surface area contributed by atoms with Gasteiger partial charge in [-0.3, -0.25) is 5.21 Å². The first-order valence-electron chi connectivity index (χ1n) is 4.46. The summed E-state index contributed by atoms with van der Waals surface area (Å²) in [5, 5.41) is 12.4. The Kier molecular flexibility index (Phi) is 2.27. The third-order valence-corrected chi connectivity index (χ3v) is 2.37. The molecule has 2 rings (SSSR count). The molecule has 68 valence electrons. The van der Waals surface area contributed by atoms with E-state index < -0.39 is 0 Å². The molecule has 0 unspecified atom stereocenters. The summed E-state index contributed by atoms with van der Waals surface area (Å²) in [7, 11) is 0. The molecular formula is C10H12N2O. The zero-order valence-electron chi connectivity index (χ0n) is 7.33. The van der Waals surface area contributed by atoms with Crippen LogP contribution in [0, 0.1) is 0 Å². The Morgan fingerprint density at radius 2 is 2.08 bits per heavy atom. The summed E-state index contributed by atoms with van der Waals surface area (Å²) in [6.45, 7) is 0. The Bertz CT molecular complexity index is 333. The molecule has 1 aliphatic carbocycles. The first kappa shape index (κ1) is 8.26. The monoisotopic (exact) mass is 176 g/mol. The SMILES string of the molecule is ON/N=C1/CCCc2ccccc21. The van der Waals surface area contributed by atoms with Gasteiger partial charge in [-0.25, -0.2) is 0 Å². The number of hydrogen-bond acceptors (Lipinski definition) is 3. The lowest BCUT2D eigenvalue weighted by molar-refractivity contribution is 0.172. The molecule has 0 fully saturated rings. The number of rotatable bonds is 1. The highest BCUT2D eigenvalue weighted by Crippen LogP contribution is 2.20. The second kappa shape index (κ2) is 3.58. The van der Waals surface area contributed by atoms with E-state index in [0.29, 0.717) is 0 Å². The second-order valence-electron chi connectivity index (χ2n) is 3.17. The van der Waals surface area contributed by atoms with E-state index in [0.717, 1.165) is 30.5 Å². The molecule has 1 aromatic rings. The van der Waals surface area contributed by atoms with Gasteiger partial charge in [0, 0.05) is 5.56 Å². The minimum atomic E-state index is 0.935. The average Bonchev–Trinajstić information content (AvgIpc) is 2.19. The van der Waals surface area contributed by atoms with Crippen molar-refractivity contribution in [2.75, 3.05) is 0 Å². The fourth-order valence-corrected chi connectivity index (χ4v) is 1.78. The number of aryl methyl sites for hydroxylation is 1. The largest absolute Gasteiger partial charge is 0.274 e. The smallest absolute Gasteiger partial charge is 0.0702 e. The van der Waals surface area contributed by atoms with E-state index in [1.807, 2.05) is 23.8 Å². The summed E-state index contributed by atoms with van der Waals surface area (Å²) in [6.07, 6.45) is 3.16. The van der Waals surface area contributed by atoms with Crippen LogP contribution in [0.25, 0.3) is 0 Å². The van der Waals surface area contributed by atoms with Gasteiger partial charge in [-0.15, -0.1) is 0 Å². The topological polar surface area (TPSA) is 44.6 Å². The fraction of sp³-hybridized carbons (Fsp3) is 0.300. The normalized spacial score (nSPS) is 18.4. The van der Waals surface area contributed by atoms with Gasteiger partial charge >= 0.3 is 0 Å². The summed E-state index contributed by atoms with van der Waals surface area (Å²) in [5.74, 6) is 0. The van der Waals surface area contributed by atoms with E-state index in [9.17, 15) is 0 Å². The molecule has 0 heterocycles. The van der Waals surface area contributed by atoms with Gasteiger partial charge < -0.3 is 0 Å². The minimum Gasteiger partial charge on any atom is -0.274 e. The maximum Gasteiger partial charge on any atom is 0.0702 e. The van der Waals surface area contributed by atoms with Crippen LogP contribution < -0.4 is 5.59 Å². The molecule has 0 radical (unpaired) electrons. The average molecular weight is 176 g/mol. The summed E-state index contributed by atoms with van der Waals surface area (Å²) in [5.41, 5.74) is 5.30. The lowest BCUT2D eigenvalue weighted by Gasteiger charge is -2.16. The fourth-order valence-electron chi connectivity index (χ4n) is 1.78. The summed E-state index contributed by atoms with van der Waals surface area (Å²) < 4.78 is 0. The number of hydrogen-bond donors (Lipinski definition) is 2. The molecule has 3 heteroatoms. The van der Waals surface area contributed by atoms with E-state index in [2.05, 4.69) is 11.2 Å². The van der Waals surface area contributed by atoms with Crippen molar-refractivity contribution < 1.29 is 5.21 Å². The van der Waals surface area contributed by atoms with Crippen LogP contribution in [0.4, 0.5) is 0 Å². The maximum absolute atomic E-state index is 8.51. The summed E-state index contributed by atoms with van der Waals surface area (Å²) >= 11 is 0. The van der Waals surface area contributed by atoms with Gasteiger partial charge in [0.1, 0.15) is 0 Å². The van der Waals surface area contributed by atoms with Crippen molar-refractivity contribution in [1.29, 1.82) is 0 Å². The molecule has 0 spiro atoms. The van der Waals surface area contributed by atoms with Crippen LogP contribution in [0.2, 0.25) is 0 Å². The van der Waals surface area contributed by atoms with Crippen molar-refractivity contribution in [3.05, 3.63) is 35.4 Å². The van der Waals surface area contributed by atoms with Gasteiger partial charge in [-0.1, -0.05) is 24.3 Å². The molecule has 0 atom stereocenters. The van der Waals surface area contributed by atoms with Crippen molar-refractivity contribution >= 4 is 5.71 Å². The minimum absolute atomic E-state index is 0.935. The highest BCUT2D eigenvalue weighted by molar-refractivity contribution is 6.02. The van der Waals surface area contributed by atoms with Crippen LogP contribution in [0.3, 0.4) is 0 Å². The molecule has 2 N–H and O–H groups in total. The lowest BCUT2D eigenvalue weighted by atomic mass is 9.90. The highest BCUT2D eigenvalue weighted by Gasteiger charge is 2.14. The van der Waals surface area contributed by atoms with Crippen molar-refractivity contribution in [1.82, 2.24) is 5.59 Å². The van der Waals surface area contributed by atoms with Crippen molar-refractivity contribution in [3.8, 4) is 0 Å². The van der Waals surface area contributed by atoms with E-state index in [1.54, 1.807) is 0 Å². The predicted molar refractivity (Wildman–Crippen MR) is 50.8 cm³/mol. The van der Waals surface area contributed by atoms with Crippen LogP contribution in [0.1, 0.15) is 24.0 Å². The Balaban J connectivity index is 2.42. The first-order chi connectivity index (χ1) is 6.42. The van der Waals surface area contributed by atoms with Crippen LogP contribution >= 0.6 is 0 Å². The van der Waals surface area contributed by atoms with Crippen molar-refractivity contribution in [2.24, 2.45) is 5.10 Å². The summed E-state index contributed by atoms with van der Waals surface area (Å²) in [6, 6.07) is 8.19. The number of fused-ring (bicyclic) bond motifs is 1. The Labute approximate surface area is 77.0 Å². The molecule has 0 aromatic heterocycles. The van der Waals surface area contributed by atoms with Gasteiger partial charge in [0.15, 0.2) is 0 Å². The zero-order valence-corrected chi connectivity index (χ0v) is 7.33. The van der Waals surface area contributed by atoms with Crippen LogP contribution in [0.5, 0.6) is 0 Å². The quantitative estimate of drug-likeness (QED) is 0.640. The van der Waals surface area contributed by atoms with Crippen LogP contribution in [0.15, 0.2) is 29.4 Å². The van der Waals surface area contributed by atoms with Gasteiger partial charge in [0.25, 0.3) is 0 Å². The standard InChI is InChI=1S/C10H12N2O/c13-12-11-10-7-3-5-8-4-1-2-6-9(8)10/h1-2,4,6,12-13H,3,5,7H2/b11-10-. The van der Waals surface area contributed by atoms with Crippen molar-refractivity contribution in [3.63, 3.8) is 0 Å². The molecule has 0 amide bonds. The van der Waals surface area contributed by atoms with Gasteiger partial charge in [0.05, 0.1) is 5.71 Å². The van der Waals surface area contributed by atoms with E-state index >= 15 is 0 Å². The Hall–Kier alpha value is -1.35. The Morgan fingerprint density at radius 3 is 2.92 bits per heavy atom. The lowest BCUT2D eigenvalue weighted by Crippen LogP contribution is -2.14. The number of nitrogens with one attached hydrogen (secondary N) is 1. The molecule has 0 bridgehead atoms. The Morgan fingerprint density at radius 1 is 1.23 bits per heavy atom. The zero-order chi connectivity index (χ0) is 9.10. The molecule has 1 aromatic carbocycles. The van der Waals surface area contributed by atoms with Crippen LogP contribution in [-0.4, -0.2) is 10.9 Å². The number of benzene rings is 1. The third kappa shape index (κ3) is 1.55. The van der Waals surface area contributed by atoms with E-state index in [1.165, 1.54) is 5.56 Å². The molecular weight excluding hydrogens is 164 g/mol. The number of hydrazone groups is 1. The molecule has 0 saturated heterocycles. The third-order valence-electron chi connectivity index (χ3n) is 2.37. The van der Waals surface area contributed by atoms with Gasteiger partial charge in [0.2, 0.25) is 0 Å². The first-order valence-corrected chi connectivity index (χ1v) is 4.46. The highest BCUT2D eigenvalue weighted by atomic mass is 16.5. The number of nitrogens with zero attached hydrogens (tertiary/aromatic N) is 1.